The van der Waals surface area contributed by atoms with Crippen molar-refractivity contribution in [3.63, 3.8) is 0 Å². The average Bonchev–Trinajstić information content (AvgIpc) is 2.42. The second-order valence-electron chi connectivity index (χ2n) is 4.62. The molecular formula is C16H16BrCl2N. The van der Waals surface area contributed by atoms with E-state index in [-0.39, 0.29) is 6.04 Å². The zero-order valence-electron chi connectivity index (χ0n) is 11.2. The summed E-state index contributed by atoms with van der Waals surface area (Å²) in [5.74, 6) is 0. The van der Waals surface area contributed by atoms with Gasteiger partial charge in [0.1, 0.15) is 0 Å². The standard InChI is InChI=1S/C16H16BrCl2N/c1-2-20-16(12-4-3-5-13(17)10-12)9-11-6-7-14(18)15(19)8-11/h3-8,10,16,20H,2,9H2,1H3. The van der Waals surface area contributed by atoms with E-state index in [9.17, 15) is 0 Å². The normalized spacial score (nSPS) is 12.4. The van der Waals surface area contributed by atoms with Crippen molar-refractivity contribution >= 4 is 39.1 Å². The third-order valence-electron chi connectivity index (χ3n) is 3.13. The maximum Gasteiger partial charge on any atom is 0.0595 e. The summed E-state index contributed by atoms with van der Waals surface area (Å²) in [4.78, 5) is 0. The van der Waals surface area contributed by atoms with Gasteiger partial charge < -0.3 is 5.32 Å². The minimum Gasteiger partial charge on any atom is -0.310 e. The molecule has 0 fully saturated rings. The van der Waals surface area contributed by atoms with Gasteiger partial charge in [-0.2, -0.15) is 0 Å². The van der Waals surface area contributed by atoms with Crippen LogP contribution in [-0.4, -0.2) is 6.54 Å². The molecule has 0 saturated heterocycles. The SMILES string of the molecule is CCNC(Cc1ccc(Cl)c(Cl)c1)c1cccc(Br)c1. The van der Waals surface area contributed by atoms with Gasteiger partial charge in [0.15, 0.2) is 0 Å². The predicted octanol–water partition coefficient (Wildman–Crippen LogP) is 5.65. The molecule has 20 heavy (non-hydrogen) atoms. The van der Waals surface area contributed by atoms with Gasteiger partial charge >= 0.3 is 0 Å². The van der Waals surface area contributed by atoms with Gasteiger partial charge in [-0.15, -0.1) is 0 Å². The molecule has 0 aliphatic heterocycles. The average molecular weight is 373 g/mol. The van der Waals surface area contributed by atoms with E-state index < -0.39 is 0 Å². The highest BCUT2D eigenvalue weighted by atomic mass is 79.9. The first-order chi connectivity index (χ1) is 9.60. The van der Waals surface area contributed by atoms with E-state index in [1.165, 1.54) is 11.1 Å². The predicted molar refractivity (Wildman–Crippen MR) is 90.7 cm³/mol. The Bertz CT molecular complexity index is 586. The van der Waals surface area contributed by atoms with Gasteiger partial charge in [0.05, 0.1) is 10.0 Å². The van der Waals surface area contributed by atoms with Crippen molar-refractivity contribution in [1.82, 2.24) is 5.32 Å². The fourth-order valence-corrected chi connectivity index (χ4v) is 2.92. The maximum absolute atomic E-state index is 6.09. The minimum atomic E-state index is 0.259. The maximum atomic E-state index is 6.09. The van der Waals surface area contributed by atoms with Gasteiger partial charge in [-0.1, -0.05) is 64.3 Å². The summed E-state index contributed by atoms with van der Waals surface area (Å²) in [6.45, 7) is 3.03. The Morgan fingerprint density at radius 3 is 2.55 bits per heavy atom. The molecule has 2 aromatic carbocycles. The van der Waals surface area contributed by atoms with Crippen molar-refractivity contribution in [1.29, 1.82) is 0 Å². The van der Waals surface area contributed by atoms with Crippen LogP contribution in [0.3, 0.4) is 0 Å². The number of halogens is 3. The lowest BCUT2D eigenvalue weighted by molar-refractivity contribution is 0.549. The molecule has 106 valence electrons. The summed E-state index contributed by atoms with van der Waals surface area (Å²) in [5, 5.41) is 4.71. The van der Waals surface area contributed by atoms with Gasteiger partial charge in [0, 0.05) is 10.5 Å². The monoisotopic (exact) mass is 371 g/mol. The smallest absolute Gasteiger partial charge is 0.0595 e. The molecule has 0 bridgehead atoms. The highest BCUT2D eigenvalue weighted by Gasteiger charge is 2.12. The molecule has 0 heterocycles. The molecule has 0 radical (unpaired) electrons. The van der Waals surface area contributed by atoms with Crippen LogP contribution in [0.25, 0.3) is 0 Å². The van der Waals surface area contributed by atoms with Crippen molar-refractivity contribution in [3.8, 4) is 0 Å². The molecular weight excluding hydrogens is 357 g/mol. The number of likely N-dealkylation sites (N-methyl/N-ethyl adjacent to an activating group) is 1. The summed E-state index contributed by atoms with van der Waals surface area (Å²) in [5.41, 5.74) is 2.43. The Morgan fingerprint density at radius 2 is 1.90 bits per heavy atom. The van der Waals surface area contributed by atoms with Crippen LogP contribution < -0.4 is 5.32 Å². The summed E-state index contributed by atoms with van der Waals surface area (Å²) in [6.07, 6.45) is 0.876. The molecule has 0 saturated carbocycles. The third kappa shape index (κ3) is 4.23. The second-order valence-corrected chi connectivity index (χ2v) is 6.35. The van der Waals surface area contributed by atoms with Crippen molar-refractivity contribution in [3.05, 3.63) is 68.1 Å². The Morgan fingerprint density at radius 1 is 1.10 bits per heavy atom. The van der Waals surface area contributed by atoms with Gasteiger partial charge in [-0.05, 0) is 48.4 Å². The van der Waals surface area contributed by atoms with E-state index in [2.05, 4.69) is 46.4 Å². The molecule has 0 aliphatic rings. The highest BCUT2D eigenvalue weighted by Crippen LogP contribution is 2.26. The first-order valence-electron chi connectivity index (χ1n) is 6.53. The largest absolute Gasteiger partial charge is 0.310 e. The van der Waals surface area contributed by atoms with Crippen molar-refractivity contribution in [2.24, 2.45) is 0 Å². The van der Waals surface area contributed by atoms with Gasteiger partial charge in [-0.3, -0.25) is 0 Å². The van der Waals surface area contributed by atoms with E-state index in [1.54, 1.807) is 0 Å². The molecule has 1 N–H and O–H groups in total. The molecule has 0 amide bonds. The lowest BCUT2D eigenvalue weighted by atomic mass is 9.99. The summed E-state index contributed by atoms with van der Waals surface area (Å²) in [7, 11) is 0. The number of benzene rings is 2. The topological polar surface area (TPSA) is 12.0 Å². The number of nitrogens with one attached hydrogen (secondary N) is 1. The summed E-state index contributed by atoms with van der Waals surface area (Å²) < 4.78 is 1.09. The molecule has 1 unspecified atom stereocenters. The van der Waals surface area contributed by atoms with Gasteiger partial charge in [-0.25, -0.2) is 0 Å². The first kappa shape index (κ1) is 15.8. The first-order valence-corrected chi connectivity index (χ1v) is 8.08. The summed E-state index contributed by atoms with van der Waals surface area (Å²) in [6, 6.07) is 14.4. The molecule has 1 nitrogen and oxygen atoms in total. The van der Waals surface area contributed by atoms with E-state index >= 15 is 0 Å². The lowest BCUT2D eigenvalue weighted by Crippen LogP contribution is -2.22. The van der Waals surface area contributed by atoms with Crippen LogP contribution in [-0.2, 0) is 6.42 Å². The third-order valence-corrected chi connectivity index (χ3v) is 4.36. The Labute approximate surface area is 138 Å². The van der Waals surface area contributed by atoms with Crippen LogP contribution in [0, 0.1) is 0 Å². The molecule has 1 atom stereocenters. The van der Waals surface area contributed by atoms with Crippen LogP contribution in [0.15, 0.2) is 46.9 Å². The molecule has 4 heteroatoms. The molecule has 0 aromatic heterocycles. The quantitative estimate of drug-likeness (QED) is 0.714. The number of hydrogen-bond donors (Lipinski definition) is 1. The van der Waals surface area contributed by atoms with Crippen molar-refractivity contribution < 1.29 is 0 Å². The van der Waals surface area contributed by atoms with Crippen LogP contribution in [0.1, 0.15) is 24.1 Å². The van der Waals surface area contributed by atoms with Crippen LogP contribution in [0.5, 0.6) is 0 Å². The Hall–Kier alpha value is -0.540. The van der Waals surface area contributed by atoms with E-state index in [0.717, 1.165) is 17.4 Å². The molecule has 2 rings (SSSR count). The molecule has 2 aromatic rings. The van der Waals surface area contributed by atoms with Gasteiger partial charge in [0.25, 0.3) is 0 Å². The number of hydrogen-bond acceptors (Lipinski definition) is 1. The van der Waals surface area contributed by atoms with E-state index in [0.29, 0.717) is 10.0 Å². The minimum absolute atomic E-state index is 0.259. The molecule has 0 aliphatic carbocycles. The van der Waals surface area contributed by atoms with E-state index in [1.807, 2.05) is 24.3 Å². The Kier molecular flexibility index (Phi) is 5.91. The van der Waals surface area contributed by atoms with E-state index in [4.69, 9.17) is 23.2 Å². The zero-order valence-corrected chi connectivity index (χ0v) is 14.3. The zero-order chi connectivity index (χ0) is 14.5. The van der Waals surface area contributed by atoms with Crippen LogP contribution in [0.4, 0.5) is 0 Å². The lowest BCUT2D eigenvalue weighted by Gasteiger charge is -2.19. The van der Waals surface area contributed by atoms with Crippen molar-refractivity contribution in [2.75, 3.05) is 6.54 Å². The fourth-order valence-electron chi connectivity index (χ4n) is 2.18. The fraction of sp³-hybridized carbons (Fsp3) is 0.250. The second kappa shape index (κ2) is 7.46. The van der Waals surface area contributed by atoms with Crippen LogP contribution >= 0.6 is 39.1 Å². The summed E-state index contributed by atoms with van der Waals surface area (Å²) >= 11 is 15.6. The van der Waals surface area contributed by atoms with Crippen LogP contribution in [0.2, 0.25) is 10.0 Å². The van der Waals surface area contributed by atoms with Gasteiger partial charge in [0.2, 0.25) is 0 Å². The number of rotatable bonds is 5. The molecule has 0 spiro atoms. The van der Waals surface area contributed by atoms with Crippen molar-refractivity contribution in [2.45, 2.75) is 19.4 Å². The Balaban J connectivity index is 2.22. The highest BCUT2D eigenvalue weighted by molar-refractivity contribution is 9.10.